The molecule has 2 unspecified atom stereocenters. The van der Waals surface area contributed by atoms with E-state index in [1.54, 1.807) is 30.3 Å². The number of ketones is 2. The van der Waals surface area contributed by atoms with Crippen LogP contribution in [0.25, 0.3) is 0 Å². The highest BCUT2D eigenvalue weighted by Crippen LogP contribution is 2.41. The number of phenolic OH excluding ortho intramolecular Hbond substituents is 1. The molecule has 0 aromatic heterocycles. The smallest absolute Gasteiger partial charge is 0.302 e. The molecule has 1 aliphatic rings. The van der Waals surface area contributed by atoms with E-state index in [1.165, 1.54) is 13.0 Å². The molecule has 0 saturated heterocycles. The number of halogens is 2. The van der Waals surface area contributed by atoms with Crippen molar-refractivity contribution in [2.45, 2.75) is 39.4 Å². The van der Waals surface area contributed by atoms with E-state index in [4.69, 9.17) is 14.2 Å². The van der Waals surface area contributed by atoms with Gasteiger partial charge in [0.15, 0.2) is 11.6 Å². The molecule has 210 valence electrons. The van der Waals surface area contributed by atoms with Gasteiger partial charge >= 0.3 is 5.97 Å². The molecular formula is C30H29Br2NO7. The Hall–Kier alpha value is -3.05. The molecule has 0 radical (unpaired) electrons. The van der Waals surface area contributed by atoms with E-state index in [2.05, 4.69) is 37.2 Å². The molecule has 2 atom stereocenters. The normalized spacial score (nSPS) is 13.8. The van der Waals surface area contributed by atoms with Gasteiger partial charge in [-0.2, -0.15) is 0 Å². The van der Waals surface area contributed by atoms with Gasteiger partial charge in [-0.05, 0) is 82.0 Å². The van der Waals surface area contributed by atoms with E-state index >= 15 is 0 Å². The highest BCUT2D eigenvalue weighted by molar-refractivity contribution is 9.11. The number of carbonyl (C=O) groups is 3. The molecular weight excluding hydrogens is 646 g/mol. The second-order valence-electron chi connectivity index (χ2n) is 9.52. The Bertz CT molecular complexity index is 1430. The summed E-state index contributed by atoms with van der Waals surface area (Å²) in [7, 11) is 0. The van der Waals surface area contributed by atoms with Crippen LogP contribution in [0.1, 0.15) is 58.2 Å². The predicted molar refractivity (Wildman–Crippen MR) is 158 cm³/mol. The zero-order valence-electron chi connectivity index (χ0n) is 22.3. The Morgan fingerprint density at radius 3 is 2.12 bits per heavy atom. The number of hydrogen-bond acceptors (Lipinski definition) is 8. The zero-order chi connectivity index (χ0) is 29.0. The summed E-state index contributed by atoms with van der Waals surface area (Å²) in [6.07, 6.45) is 0.284. The maximum Gasteiger partial charge on any atom is 0.302 e. The van der Waals surface area contributed by atoms with Crippen molar-refractivity contribution in [3.05, 3.63) is 85.3 Å². The minimum Gasteiger partial charge on any atom is -0.507 e. The summed E-state index contributed by atoms with van der Waals surface area (Å²) in [5, 5.41) is 13.7. The summed E-state index contributed by atoms with van der Waals surface area (Å²) in [5.74, 6) is -1.29. The Labute approximate surface area is 249 Å². The lowest BCUT2D eigenvalue weighted by Crippen LogP contribution is -2.24. The monoisotopic (exact) mass is 673 g/mol. The van der Waals surface area contributed by atoms with E-state index in [0.717, 1.165) is 14.5 Å². The van der Waals surface area contributed by atoms with Crippen LogP contribution in [0.2, 0.25) is 0 Å². The van der Waals surface area contributed by atoms with Crippen molar-refractivity contribution in [2.24, 2.45) is 0 Å². The maximum atomic E-state index is 13.4. The first-order chi connectivity index (χ1) is 19.1. The Kier molecular flexibility index (Phi) is 9.78. The van der Waals surface area contributed by atoms with E-state index in [0.29, 0.717) is 36.6 Å². The molecule has 0 aliphatic heterocycles. The maximum absolute atomic E-state index is 13.4. The van der Waals surface area contributed by atoms with E-state index in [1.807, 2.05) is 26.0 Å². The molecule has 0 saturated carbocycles. The van der Waals surface area contributed by atoms with Gasteiger partial charge in [-0.1, -0.05) is 24.3 Å². The molecule has 0 amide bonds. The number of rotatable bonds is 11. The van der Waals surface area contributed by atoms with Crippen molar-refractivity contribution in [1.29, 1.82) is 0 Å². The lowest BCUT2D eigenvalue weighted by molar-refractivity contribution is -0.145. The molecule has 4 rings (SSSR count). The number of benzene rings is 3. The first-order valence-electron chi connectivity index (χ1n) is 12.7. The first-order valence-corrected chi connectivity index (χ1v) is 14.3. The SMILES string of the molecule is CC(=O)OCC(C)OCC(C)OCCc1cc(Br)c(Nc2ccc(O)c3c2C(=O)c2ccccc2C3=O)c(Br)c1. The van der Waals surface area contributed by atoms with Crippen molar-refractivity contribution in [1.82, 2.24) is 0 Å². The largest absolute Gasteiger partial charge is 0.507 e. The summed E-state index contributed by atoms with van der Waals surface area (Å²) >= 11 is 7.23. The van der Waals surface area contributed by atoms with Crippen LogP contribution < -0.4 is 5.32 Å². The van der Waals surface area contributed by atoms with Gasteiger partial charge < -0.3 is 24.6 Å². The highest BCUT2D eigenvalue weighted by Gasteiger charge is 2.34. The molecule has 40 heavy (non-hydrogen) atoms. The Morgan fingerprint density at radius 1 is 0.900 bits per heavy atom. The van der Waals surface area contributed by atoms with Gasteiger partial charge in [-0.15, -0.1) is 0 Å². The van der Waals surface area contributed by atoms with Crippen LogP contribution >= 0.6 is 31.9 Å². The van der Waals surface area contributed by atoms with Gasteiger partial charge in [-0.3, -0.25) is 14.4 Å². The molecule has 0 fully saturated rings. The molecule has 3 aromatic carbocycles. The first kappa shape index (κ1) is 29.9. The topological polar surface area (TPSA) is 111 Å². The summed E-state index contributed by atoms with van der Waals surface area (Å²) in [4.78, 5) is 37.4. The van der Waals surface area contributed by atoms with Gasteiger partial charge in [0, 0.05) is 27.0 Å². The summed E-state index contributed by atoms with van der Waals surface area (Å²) in [5.41, 5.74) is 2.80. The van der Waals surface area contributed by atoms with Crippen LogP contribution in [0.5, 0.6) is 5.75 Å². The second kappa shape index (κ2) is 13.1. The highest BCUT2D eigenvalue weighted by atomic mass is 79.9. The third-order valence-corrected chi connectivity index (χ3v) is 7.60. The van der Waals surface area contributed by atoms with E-state index < -0.39 is 5.78 Å². The molecule has 2 N–H and O–H groups in total. The number of esters is 1. The number of nitrogens with one attached hydrogen (secondary N) is 1. The number of fused-ring (bicyclic) bond motifs is 2. The summed E-state index contributed by atoms with van der Waals surface area (Å²) in [6.45, 7) is 6.16. The van der Waals surface area contributed by atoms with E-state index in [-0.39, 0.29) is 53.0 Å². The van der Waals surface area contributed by atoms with Gasteiger partial charge in [0.05, 0.1) is 47.9 Å². The Balaban J connectivity index is 1.43. The molecule has 10 heteroatoms. The zero-order valence-corrected chi connectivity index (χ0v) is 25.4. The van der Waals surface area contributed by atoms with Crippen molar-refractivity contribution in [3.8, 4) is 5.75 Å². The summed E-state index contributed by atoms with van der Waals surface area (Å²) < 4.78 is 18.0. The van der Waals surface area contributed by atoms with Gasteiger partial charge in [0.1, 0.15) is 12.4 Å². The number of phenols is 1. The fourth-order valence-corrected chi connectivity index (χ4v) is 5.82. The Morgan fingerprint density at radius 2 is 1.50 bits per heavy atom. The van der Waals surface area contributed by atoms with Crippen LogP contribution in [0, 0.1) is 0 Å². The van der Waals surface area contributed by atoms with Crippen molar-refractivity contribution in [2.75, 3.05) is 25.1 Å². The lowest BCUT2D eigenvalue weighted by Gasteiger charge is -2.22. The van der Waals surface area contributed by atoms with Crippen LogP contribution in [-0.2, 0) is 25.4 Å². The van der Waals surface area contributed by atoms with Crippen LogP contribution in [0.3, 0.4) is 0 Å². The average molecular weight is 675 g/mol. The number of ether oxygens (including phenoxy) is 3. The third kappa shape index (κ3) is 6.80. The fraction of sp³-hybridized carbons (Fsp3) is 0.300. The van der Waals surface area contributed by atoms with Crippen molar-refractivity contribution in [3.63, 3.8) is 0 Å². The minimum atomic E-state index is -0.390. The molecule has 0 spiro atoms. The fourth-order valence-electron chi connectivity index (χ4n) is 4.34. The molecule has 1 aliphatic carbocycles. The minimum absolute atomic E-state index is 0.00594. The van der Waals surface area contributed by atoms with Gasteiger partial charge in [0.2, 0.25) is 0 Å². The van der Waals surface area contributed by atoms with Crippen molar-refractivity contribution < 1.29 is 33.7 Å². The summed E-state index contributed by atoms with van der Waals surface area (Å²) in [6, 6.07) is 13.5. The van der Waals surface area contributed by atoms with Crippen LogP contribution in [0.4, 0.5) is 11.4 Å². The average Bonchev–Trinajstić information content (AvgIpc) is 2.92. The van der Waals surface area contributed by atoms with E-state index in [9.17, 15) is 19.5 Å². The quantitative estimate of drug-likeness (QED) is 0.140. The van der Waals surface area contributed by atoms with Gasteiger partial charge in [0.25, 0.3) is 0 Å². The molecule has 0 heterocycles. The second-order valence-corrected chi connectivity index (χ2v) is 11.2. The van der Waals surface area contributed by atoms with Crippen LogP contribution in [0.15, 0.2) is 57.5 Å². The number of carbonyl (C=O) groups excluding carboxylic acids is 3. The van der Waals surface area contributed by atoms with Gasteiger partial charge in [-0.25, -0.2) is 0 Å². The molecule has 3 aromatic rings. The number of anilines is 2. The lowest BCUT2D eigenvalue weighted by atomic mass is 9.82. The number of aromatic hydroxyl groups is 1. The predicted octanol–water partition coefficient (Wildman–Crippen LogP) is 6.35. The van der Waals surface area contributed by atoms with Crippen molar-refractivity contribution >= 4 is 60.8 Å². The standard InChI is InChI=1S/C30H29Br2NO7/c1-16(14-39-17(2)15-40-18(3)34)38-11-10-19-12-22(31)28(23(32)13-19)33-24-8-9-25(35)27-26(24)29(36)20-6-4-5-7-21(20)30(27)37/h4-9,12-13,16-17,33,35H,10-11,14-15H2,1-3H3. The third-order valence-electron chi connectivity index (χ3n) is 6.35. The molecule has 8 nitrogen and oxygen atoms in total. The number of hydrogen-bond donors (Lipinski definition) is 2. The van der Waals surface area contributed by atoms with Crippen LogP contribution in [-0.4, -0.2) is 54.7 Å². The molecule has 0 bridgehead atoms.